The third kappa shape index (κ3) is 5.10. The maximum absolute atomic E-state index is 12.4. The van der Waals surface area contributed by atoms with Crippen LogP contribution < -0.4 is 21.2 Å². The fraction of sp³-hybridized carbons (Fsp3) is 0.450. The van der Waals surface area contributed by atoms with Crippen molar-refractivity contribution in [2.75, 3.05) is 26.7 Å². The van der Waals surface area contributed by atoms with Gasteiger partial charge in [0.05, 0.1) is 13.2 Å². The average Bonchev–Trinajstić information content (AvgIpc) is 2.72. The normalized spacial score (nSPS) is 15.8. The van der Waals surface area contributed by atoms with Crippen LogP contribution in [0.1, 0.15) is 30.9 Å². The van der Waals surface area contributed by atoms with Crippen molar-refractivity contribution in [2.24, 2.45) is 0 Å². The quantitative estimate of drug-likeness (QED) is 0.737. The second-order valence-corrected chi connectivity index (χ2v) is 6.92. The fourth-order valence-electron chi connectivity index (χ4n) is 3.50. The summed E-state index contributed by atoms with van der Waals surface area (Å²) in [5, 5.41) is 5.27. The van der Waals surface area contributed by atoms with Crippen molar-refractivity contribution in [3.63, 3.8) is 0 Å². The molecule has 0 radical (unpaired) electrons. The Labute approximate surface area is 163 Å². The van der Waals surface area contributed by atoms with Crippen LogP contribution in [0.25, 0.3) is 0 Å². The van der Waals surface area contributed by atoms with E-state index < -0.39 is 11.1 Å². The molecule has 1 aromatic heterocycles. The molecule has 8 heteroatoms. The molecule has 1 unspecified atom stereocenters. The maximum atomic E-state index is 12.4. The van der Waals surface area contributed by atoms with E-state index in [1.54, 1.807) is 7.11 Å². The summed E-state index contributed by atoms with van der Waals surface area (Å²) >= 11 is 0. The summed E-state index contributed by atoms with van der Waals surface area (Å²) in [6, 6.07) is 10.2. The third-order valence-electron chi connectivity index (χ3n) is 5.01. The molecular weight excluding hydrogens is 360 g/mol. The predicted octanol–water partition coefficient (Wildman–Crippen LogP) is 0.889. The Hall–Kier alpha value is -2.87. The summed E-state index contributed by atoms with van der Waals surface area (Å²) in [5.74, 6) is 0.469. The van der Waals surface area contributed by atoms with Crippen LogP contribution in [0.15, 0.2) is 46.0 Å². The average molecular weight is 386 g/mol. The van der Waals surface area contributed by atoms with Crippen LogP contribution in [-0.4, -0.2) is 47.3 Å². The van der Waals surface area contributed by atoms with Crippen molar-refractivity contribution in [2.45, 2.75) is 31.8 Å². The minimum Gasteiger partial charge on any atom is -0.497 e. The van der Waals surface area contributed by atoms with E-state index in [2.05, 4.69) is 15.3 Å². The number of methoxy groups -OCH3 is 1. The number of aromatic amines is 1. The molecule has 0 saturated carbocycles. The van der Waals surface area contributed by atoms with Crippen LogP contribution in [-0.2, 0) is 11.3 Å². The number of H-pyrrole nitrogens is 1. The van der Waals surface area contributed by atoms with Gasteiger partial charge in [-0.1, -0.05) is 18.6 Å². The number of hydrogen-bond donors (Lipinski definition) is 2. The molecule has 28 heavy (non-hydrogen) atoms. The first-order valence-electron chi connectivity index (χ1n) is 9.51. The number of likely N-dealkylation sites (tertiary alicyclic amines) is 1. The summed E-state index contributed by atoms with van der Waals surface area (Å²) in [6.07, 6.45) is 3.50. The molecule has 2 N–H and O–H groups in total. The highest BCUT2D eigenvalue weighted by atomic mass is 16.5. The van der Waals surface area contributed by atoms with Gasteiger partial charge in [0.1, 0.15) is 12.3 Å². The molecule has 1 saturated heterocycles. The van der Waals surface area contributed by atoms with E-state index in [9.17, 15) is 14.4 Å². The van der Waals surface area contributed by atoms with Gasteiger partial charge in [0.25, 0.3) is 11.1 Å². The Morgan fingerprint density at radius 1 is 1.11 bits per heavy atom. The van der Waals surface area contributed by atoms with E-state index in [1.807, 2.05) is 24.3 Å². The number of carbonyl (C=O) groups is 1. The first-order valence-corrected chi connectivity index (χ1v) is 9.51. The standard InChI is InChI=1S/C20H26N4O4/c1-28-16-7-5-15(6-8-16)17(23-11-3-2-4-12-23)13-21-19(26)14-24-20(27)10-9-18(25)22-24/h5-10,17H,2-4,11-14H2,1H3,(H,21,26)(H,22,25). The summed E-state index contributed by atoms with van der Waals surface area (Å²) in [6.45, 7) is 2.18. The molecule has 1 aliphatic rings. The monoisotopic (exact) mass is 386 g/mol. The van der Waals surface area contributed by atoms with Gasteiger partial charge in [-0.15, -0.1) is 0 Å². The topological polar surface area (TPSA) is 96.4 Å². The molecule has 1 amide bonds. The van der Waals surface area contributed by atoms with Crippen molar-refractivity contribution in [3.05, 3.63) is 62.7 Å². The Balaban J connectivity index is 1.69. The Bertz CT molecular complexity index is 897. The smallest absolute Gasteiger partial charge is 0.265 e. The van der Waals surface area contributed by atoms with Crippen LogP contribution in [0.2, 0.25) is 0 Å². The number of aromatic nitrogens is 2. The van der Waals surface area contributed by atoms with Crippen LogP contribution in [0.5, 0.6) is 5.75 Å². The number of nitrogens with zero attached hydrogens (tertiary/aromatic N) is 2. The number of piperidine rings is 1. The SMILES string of the molecule is COc1ccc(C(CNC(=O)Cn2[nH]c(=O)ccc2=O)N2CCCCC2)cc1. The molecule has 8 nitrogen and oxygen atoms in total. The van der Waals surface area contributed by atoms with Gasteiger partial charge in [0, 0.05) is 18.7 Å². The predicted molar refractivity (Wildman–Crippen MR) is 105 cm³/mol. The molecule has 1 fully saturated rings. The minimum absolute atomic E-state index is 0.0432. The van der Waals surface area contributed by atoms with E-state index in [0.717, 1.165) is 54.1 Å². The number of nitrogens with one attached hydrogen (secondary N) is 2. The number of hydrogen-bond acceptors (Lipinski definition) is 5. The number of ether oxygens (including phenoxy) is 1. The van der Waals surface area contributed by atoms with Gasteiger partial charge in [-0.3, -0.25) is 24.4 Å². The van der Waals surface area contributed by atoms with Crippen molar-refractivity contribution in [1.29, 1.82) is 0 Å². The highest BCUT2D eigenvalue weighted by Crippen LogP contribution is 2.25. The molecule has 2 aromatic rings. The molecule has 0 bridgehead atoms. The molecular formula is C20H26N4O4. The van der Waals surface area contributed by atoms with Gasteiger partial charge < -0.3 is 10.1 Å². The molecule has 1 aliphatic heterocycles. The summed E-state index contributed by atoms with van der Waals surface area (Å²) in [7, 11) is 1.63. The lowest BCUT2D eigenvalue weighted by Crippen LogP contribution is -2.42. The van der Waals surface area contributed by atoms with Crippen LogP contribution in [0, 0.1) is 0 Å². The Kier molecular flexibility index (Phi) is 6.65. The van der Waals surface area contributed by atoms with Crippen molar-refractivity contribution in [1.82, 2.24) is 20.0 Å². The van der Waals surface area contributed by atoms with Crippen molar-refractivity contribution in [3.8, 4) is 5.75 Å². The lowest BCUT2D eigenvalue weighted by atomic mass is 10.0. The van der Waals surface area contributed by atoms with E-state index in [1.165, 1.54) is 6.42 Å². The summed E-state index contributed by atoms with van der Waals surface area (Å²) in [5.41, 5.74) is 0.266. The molecule has 3 rings (SSSR count). The van der Waals surface area contributed by atoms with Crippen molar-refractivity contribution >= 4 is 5.91 Å². The zero-order chi connectivity index (χ0) is 19.9. The first-order chi connectivity index (χ1) is 13.6. The minimum atomic E-state index is -0.420. The number of amides is 1. The van der Waals surface area contributed by atoms with Crippen LogP contribution in [0.3, 0.4) is 0 Å². The zero-order valence-electron chi connectivity index (χ0n) is 16.0. The molecule has 1 atom stereocenters. The van der Waals surface area contributed by atoms with Crippen molar-refractivity contribution < 1.29 is 9.53 Å². The highest BCUT2D eigenvalue weighted by molar-refractivity contribution is 5.75. The molecule has 1 aromatic carbocycles. The highest BCUT2D eigenvalue weighted by Gasteiger charge is 2.23. The number of rotatable bonds is 7. The molecule has 150 valence electrons. The zero-order valence-corrected chi connectivity index (χ0v) is 16.0. The van der Waals surface area contributed by atoms with Gasteiger partial charge >= 0.3 is 0 Å². The summed E-state index contributed by atoms with van der Waals surface area (Å²) in [4.78, 5) is 37.9. The molecule has 0 spiro atoms. The van der Waals surface area contributed by atoms with Gasteiger partial charge in [0.2, 0.25) is 5.91 Å². The van der Waals surface area contributed by atoms with Crippen LogP contribution in [0.4, 0.5) is 0 Å². The van der Waals surface area contributed by atoms with Gasteiger partial charge in [-0.2, -0.15) is 0 Å². The lowest BCUT2D eigenvalue weighted by molar-refractivity contribution is -0.122. The van der Waals surface area contributed by atoms with E-state index in [0.29, 0.717) is 6.54 Å². The van der Waals surface area contributed by atoms with E-state index in [-0.39, 0.29) is 18.5 Å². The first kappa shape index (κ1) is 19.9. The maximum Gasteiger partial charge on any atom is 0.265 e. The van der Waals surface area contributed by atoms with Crippen LogP contribution >= 0.6 is 0 Å². The lowest BCUT2D eigenvalue weighted by Gasteiger charge is -2.35. The second-order valence-electron chi connectivity index (χ2n) is 6.92. The molecule has 2 heterocycles. The molecule has 0 aliphatic carbocycles. The number of carbonyl (C=O) groups excluding carboxylic acids is 1. The third-order valence-corrected chi connectivity index (χ3v) is 5.01. The Morgan fingerprint density at radius 2 is 1.82 bits per heavy atom. The fourth-order valence-corrected chi connectivity index (χ4v) is 3.50. The second kappa shape index (κ2) is 9.36. The van der Waals surface area contributed by atoms with E-state index in [4.69, 9.17) is 4.74 Å². The van der Waals surface area contributed by atoms with Gasteiger partial charge in [0.15, 0.2) is 0 Å². The van der Waals surface area contributed by atoms with E-state index >= 15 is 0 Å². The summed E-state index contributed by atoms with van der Waals surface area (Å²) < 4.78 is 6.25. The Morgan fingerprint density at radius 3 is 2.50 bits per heavy atom. The van der Waals surface area contributed by atoms with Gasteiger partial charge in [-0.05, 0) is 43.6 Å². The number of benzene rings is 1. The largest absolute Gasteiger partial charge is 0.497 e. The van der Waals surface area contributed by atoms with Gasteiger partial charge in [-0.25, -0.2) is 4.68 Å².